The molecule has 2 nitrogen and oxygen atoms in total. The standard InChI is InChI=1S/C11H13BrF3NO/c1-2-9(16)4-7-3-8(12)6-10(5-7)17-11(13,14)15/h3,5-6,9H,2,4,16H2,1H3. The number of nitrogens with two attached hydrogens (primary N) is 1. The van der Waals surface area contributed by atoms with Crippen molar-refractivity contribution < 1.29 is 17.9 Å². The van der Waals surface area contributed by atoms with Crippen LogP contribution in [0.25, 0.3) is 0 Å². The second kappa shape index (κ2) is 5.73. The number of hydrogen-bond donors (Lipinski definition) is 1. The first-order chi connectivity index (χ1) is 7.80. The minimum Gasteiger partial charge on any atom is -0.406 e. The maximum absolute atomic E-state index is 12.1. The van der Waals surface area contributed by atoms with E-state index in [0.29, 0.717) is 16.5 Å². The second-order valence-electron chi connectivity index (χ2n) is 3.72. The zero-order valence-corrected chi connectivity index (χ0v) is 10.8. The Hall–Kier alpha value is -0.750. The van der Waals surface area contributed by atoms with E-state index in [1.54, 1.807) is 6.07 Å². The fourth-order valence-electron chi connectivity index (χ4n) is 1.38. The lowest BCUT2D eigenvalue weighted by atomic mass is 10.0. The Kier molecular flexibility index (Phi) is 4.82. The molecule has 1 aromatic carbocycles. The molecule has 0 aliphatic carbocycles. The second-order valence-corrected chi connectivity index (χ2v) is 4.63. The van der Waals surface area contributed by atoms with Crippen LogP contribution in [0.4, 0.5) is 13.2 Å². The summed E-state index contributed by atoms with van der Waals surface area (Å²) in [6.45, 7) is 1.93. The monoisotopic (exact) mass is 311 g/mol. The molecule has 96 valence electrons. The Balaban J connectivity index is 2.86. The van der Waals surface area contributed by atoms with Crippen molar-refractivity contribution in [2.45, 2.75) is 32.2 Å². The van der Waals surface area contributed by atoms with Gasteiger partial charge >= 0.3 is 6.36 Å². The van der Waals surface area contributed by atoms with Crippen LogP contribution in [0.15, 0.2) is 22.7 Å². The molecule has 0 amide bonds. The lowest BCUT2D eigenvalue weighted by Gasteiger charge is -2.13. The summed E-state index contributed by atoms with van der Waals surface area (Å²) in [5.41, 5.74) is 6.47. The van der Waals surface area contributed by atoms with Crippen molar-refractivity contribution in [2.24, 2.45) is 5.73 Å². The van der Waals surface area contributed by atoms with Crippen molar-refractivity contribution in [1.29, 1.82) is 0 Å². The third-order valence-electron chi connectivity index (χ3n) is 2.19. The van der Waals surface area contributed by atoms with Gasteiger partial charge in [-0.15, -0.1) is 13.2 Å². The van der Waals surface area contributed by atoms with Crippen LogP contribution in [-0.4, -0.2) is 12.4 Å². The lowest BCUT2D eigenvalue weighted by molar-refractivity contribution is -0.274. The van der Waals surface area contributed by atoms with Crippen LogP contribution in [0.2, 0.25) is 0 Å². The molecule has 0 saturated carbocycles. The molecular weight excluding hydrogens is 299 g/mol. The Morgan fingerprint density at radius 2 is 2.00 bits per heavy atom. The minimum atomic E-state index is -4.68. The van der Waals surface area contributed by atoms with Gasteiger partial charge in [0.1, 0.15) is 5.75 Å². The van der Waals surface area contributed by atoms with Gasteiger partial charge in [-0.1, -0.05) is 22.9 Å². The van der Waals surface area contributed by atoms with Crippen LogP contribution in [0.5, 0.6) is 5.75 Å². The number of hydrogen-bond acceptors (Lipinski definition) is 2. The highest BCUT2D eigenvalue weighted by Gasteiger charge is 2.31. The van der Waals surface area contributed by atoms with Gasteiger partial charge in [0.25, 0.3) is 0 Å². The molecule has 0 aromatic heterocycles. The van der Waals surface area contributed by atoms with Gasteiger partial charge in [-0.05, 0) is 36.6 Å². The molecule has 0 saturated heterocycles. The fraction of sp³-hybridized carbons (Fsp3) is 0.455. The topological polar surface area (TPSA) is 35.2 Å². The van der Waals surface area contributed by atoms with E-state index in [9.17, 15) is 13.2 Å². The molecule has 0 fully saturated rings. The molecule has 1 atom stereocenters. The van der Waals surface area contributed by atoms with E-state index in [-0.39, 0.29) is 11.8 Å². The summed E-state index contributed by atoms with van der Waals surface area (Å²) in [4.78, 5) is 0. The molecule has 0 aliphatic rings. The predicted molar refractivity (Wildman–Crippen MR) is 62.8 cm³/mol. The van der Waals surface area contributed by atoms with Crippen LogP contribution in [-0.2, 0) is 6.42 Å². The molecule has 17 heavy (non-hydrogen) atoms. The highest BCUT2D eigenvalue weighted by Crippen LogP contribution is 2.27. The summed E-state index contributed by atoms with van der Waals surface area (Å²) in [7, 11) is 0. The van der Waals surface area contributed by atoms with E-state index < -0.39 is 6.36 Å². The molecule has 6 heteroatoms. The maximum Gasteiger partial charge on any atom is 0.573 e. The van der Waals surface area contributed by atoms with Gasteiger partial charge in [-0.25, -0.2) is 0 Å². The van der Waals surface area contributed by atoms with Gasteiger partial charge in [0.15, 0.2) is 0 Å². The number of alkyl halides is 3. The number of rotatable bonds is 4. The highest BCUT2D eigenvalue weighted by molar-refractivity contribution is 9.10. The molecular formula is C11H13BrF3NO. The smallest absolute Gasteiger partial charge is 0.406 e. The van der Waals surface area contributed by atoms with Gasteiger partial charge in [0.2, 0.25) is 0 Å². The van der Waals surface area contributed by atoms with E-state index in [1.807, 2.05) is 6.92 Å². The SMILES string of the molecule is CCC(N)Cc1cc(Br)cc(OC(F)(F)F)c1. The Morgan fingerprint density at radius 3 is 2.53 bits per heavy atom. The molecule has 1 rings (SSSR count). The molecule has 0 spiro atoms. The minimum absolute atomic E-state index is 0.0666. The van der Waals surface area contributed by atoms with E-state index in [4.69, 9.17) is 5.73 Å². The van der Waals surface area contributed by atoms with E-state index in [1.165, 1.54) is 12.1 Å². The summed E-state index contributed by atoms with van der Waals surface area (Å²) in [6.07, 6.45) is -3.39. The first-order valence-corrected chi connectivity index (χ1v) is 5.90. The van der Waals surface area contributed by atoms with Crippen molar-refractivity contribution in [1.82, 2.24) is 0 Å². The lowest BCUT2D eigenvalue weighted by Crippen LogP contribution is -2.21. The molecule has 0 radical (unpaired) electrons. The number of halogens is 4. The number of benzene rings is 1. The van der Waals surface area contributed by atoms with Crippen molar-refractivity contribution in [2.75, 3.05) is 0 Å². The summed E-state index contributed by atoms with van der Waals surface area (Å²) in [5.74, 6) is -0.231. The Labute approximate surface area is 106 Å². The highest BCUT2D eigenvalue weighted by atomic mass is 79.9. The van der Waals surface area contributed by atoms with Gasteiger partial charge in [-0.3, -0.25) is 0 Å². The summed E-state index contributed by atoms with van der Waals surface area (Å²) < 4.78 is 40.6. The van der Waals surface area contributed by atoms with Crippen LogP contribution in [0, 0.1) is 0 Å². The quantitative estimate of drug-likeness (QED) is 0.921. The Bertz CT molecular complexity index is 381. The van der Waals surface area contributed by atoms with Crippen molar-refractivity contribution >= 4 is 15.9 Å². The third-order valence-corrected chi connectivity index (χ3v) is 2.64. The largest absolute Gasteiger partial charge is 0.573 e. The zero-order chi connectivity index (χ0) is 13.1. The summed E-state index contributed by atoms with van der Waals surface area (Å²) in [5, 5.41) is 0. The normalized spacial score (nSPS) is 13.5. The third kappa shape index (κ3) is 5.41. The van der Waals surface area contributed by atoms with Crippen LogP contribution in [0.1, 0.15) is 18.9 Å². The van der Waals surface area contributed by atoms with E-state index in [0.717, 1.165) is 6.42 Å². The van der Waals surface area contributed by atoms with Crippen molar-refractivity contribution in [3.63, 3.8) is 0 Å². The average Bonchev–Trinajstić information content (AvgIpc) is 2.13. The zero-order valence-electron chi connectivity index (χ0n) is 9.22. The molecule has 1 aromatic rings. The number of ether oxygens (including phenoxy) is 1. The van der Waals surface area contributed by atoms with Gasteiger partial charge < -0.3 is 10.5 Å². The molecule has 0 heterocycles. The summed E-state index contributed by atoms with van der Waals surface area (Å²) in [6, 6.07) is 4.30. The molecule has 1 unspecified atom stereocenters. The first kappa shape index (κ1) is 14.3. The molecule has 0 bridgehead atoms. The average molecular weight is 312 g/mol. The van der Waals surface area contributed by atoms with Gasteiger partial charge in [0.05, 0.1) is 0 Å². The fourth-order valence-corrected chi connectivity index (χ4v) is 1.90. The maximum atomic E-state index is 12.1. The van der Waals surface area contributed by atoms with Gasteiger partial charge in [-0.2, -0.15) is 0 Å². The van der Waals surface area contributed by atoms with Crippen molar-refractivity contribution in [3.8, 4) is 5.75 Å². The Morgan fingerprint density at radius 1 is 1.35 bits per heavy atom. The van der Waals surface area contributed by atoms with Gasteiger partial charge in [0, 0.05) is 10.5 Å². The molecule has 2 N–H and O–H groups in total. The van der Waals surface area contributed by atoms with E-state index >= 15 is 0 Å². The summed E-state index contributed by atoms with van der Waals surface area (Å²) >= 11 is 3.14. The first-order valence-electron chi connectivity index (χ1n) is 5.11. The van der Waals surface area contributed by atoms with Crippen LogP contribution in [0.3, 0.4) is 0 Å². The van der Waals surface area contributed by atoms with Crippen LogP contribution < -0.4 is 10.5 Å². The van der Waals surface area contributed by atoms with Crippen LogP contribution >= 0.6 is 15.9 Å². The van der Waals surface area contributed by atoms with Crippen molar-refractivity contribution in [3.05, 3.63) is 28.2 Å². The van der Waals surface area contributed by atoms with E-state index in [2.05, 4.69) is 20.7 Å². The predicted octanol–water partition coefficient (Wildman–Crippen LogP) is 3.63. The molecule has 0 aliphatic heterocycles.